The molecule has 3 rings (SSSR count). The molecular weight excluding hydrogens is 380 g/mol. The Morgan fingerprint density at radius 3 is 2.93 bits per heavy atom. The normalized spacial score (nSPS) is 11.1. The van der Waals surface area contributed by atoms with E-state index in [2.05, 4.69) is 15.8 Å². The number of thiazole rings is 1. The summed E-state index contributed by atoms with van der Waals surface area (Å²) < 4.78 is 10.6. The summed E-state index contributed by atoms with van der Waals surface area (Å²) >= 11 is 1.34. The SMILES string of the molecule is Cc1csc(/C(C#N)=C/NNC(=O)COc2ccc3c(C)cc(=O)oc3c2)n1. The maximum Gasteiger partial charge on any atom is 0.336 e. The van der Waals surface area contributed by atoms with Crippen LogP contribution < -0.4 is 21.2 Å². The molecule has 0 aliphatic carbocycles. The van der Waals surface area contributed by atoms with E-state index in [0.29, 0.717) is 21.9 Å². The predicted octanol–water partition coefficient (Wildman–Crippen LogP) is 2.43. The van der Waals surface area contributed by atoms with E-state index in [0.717, 1.165) is 16.6 Å². The number of nitriles is 1. The van der Waals surface area contributed by atoms with E-state index in [1.807, 2.05) is 25.3 Å². The van der Waals surface area contributed by atoms with Gasteiger partial charge in [0, 0.05) is 34.8 Å². The molecule has 0 atom stereocenters. The molecule has 0 spiro atoms. The summed E-state index contributed by atoms with van der Waals surface area (Å²) in [6.45, 7) is 3.39. The van der Waals surface area contributed by atoms with E-state index in [9.17, 15) is 14.9 Å². The molecule has 0 aliphatic rings. The average Bonchev–Trinajstić information content (AvgIpc) is 3.09. The lowest BCUT2D eigenvalue weighted by atomic mass is 10.1. The standard InChI is InChI=1S/C19H16N4O4S/c1-11-5-18(25)27-16-6-14(3-4-15(11)16)26-9-17(24)23-21-8-13(7-20)19-22-12(2)10-28-19/h3-6,8,10,21H,9H2,1-2H3,(H,23,24)/b13-8+. The van der Waals surface area contributed by atoms with E-state index in [1.165, 1.54) is 23.6 Å². The monoisotopic (exact) mass is 396 g/mol. The van der Waals surface area contributed by atoms with Crippen LogP contribution in [0.3, 0.4) is 0 Å². The van der Waals surface area contributed by atoms with Gasteiger partial charge in [-0.2, -0.15) is 5.26 Å². The van der Waals surface area contributed by atoms with Crippen LogP contribution in [0.15, 0.2) is 45.1 Å². The number of hydrogen-bond acceptors (Lipinski definition) is 8. The largest absolute Gasteiger partial charge is 0.484 e. The Labute approximate surface area is 164 Å². The lowest BCUT2D eigenvalue weighted by Crippen LogP contribution is -2.37. The van der Waals surface area contributed by atoms with Crippen LogP contribution in [0.25, 0.3) is 16.5 Å². The maximum atomic E-state index is 11.9. The topological polar surface area (TPSA) is 117 Å². The lowest BCUT2D eigenvalue weighted by molar-refractivity contribution is -0.123. The zero-order valence-electron chi connectivity index (χ0n) is 15.1. The number of fused-ring (bicyclic) bond motifs is 1. The maximum absolute atomic E-state index is 11.9. The number of benzene rings is 1. The second-order valence-electron chi connectivity index (χ2n) is 5.85. The van der Waals surface area contributed by atoms with Crippen molar-refractivity contribution in [2.24, 2.45) is 0 Å². The van der Waals surface area contributed by atoms with Gasteiger partial charge in [0.2, 0.25) is 0 Å². The molecule has 1 amide bonds. The third kappa shape index (κ3) is 4.55. The van der Waals surface area contributed by atoms with Crippen LogP contribution in [0.1, 0.15) is 16.3 Å². The fourth-order valence-corrected chi connectivity index (χ4v) is 3.15. The summed E-state index contributed by atoms with van der Waals surface area (Å²) in [5.41, 5.74) is 6.85. The first-order valence-corrected chi connectivity index (χ1v) is 9.08. The Hall–Kier alpha value is -3.64. The van der Waals surface area contributed by atoms with E-state index in [1.54, 1.807) is 18.2 Å². The first-order chi connectivity index (χ1) is 13.5. The predicted molar refractivity (Wildman–Crippen MR) is 104 cm³/mol. The summed E-state index contributed by atoms with van der Waals surface area (Å²) in [6.07, 6.45) is 1.36. The Kier molecular flexibility index (Phi) is 5.72. The average molecular weight is 396 g/mol. The lowest BCUT2D eigenvalue weighted by Gasteiger charge is -2.08. The highest BCUT2D eigenvalue weighted by atomic mass is 32.1. The van der Waals surface area contributed by atoms with Gasteiger partial charge >= 0.3 is 5.63 Å². The molecule has 0 unspecified atom stereocenters. The van der Waals surface area contributed by atoms with E-state index in [-0.39, 0.29) is 6.61 Å². The van der Waals surface area contributed by atoms with Gasteiger partial charge in [-0.3, -0.25) is 10.2 Å². The number of hydrogen-bond donors (Lipinski definition) is 2. The molecule has 142 valence electrons. The van der Waals surface area contributed by atoms with Gasteiger partial charge in [0.15, 0.2) is 6.61 Å². The molecular formula is C19H16N4O4S. The van der Waals surface area contributed by atoms with Crippen molar-refractivity contribution in [2.75, 3.05) is 6.61 Å². The number of aryl methyl sites for hydroxylation is 2. The van der Waals surface area contributed by atoms with Crippen LogP contribution in [-0.4, -0.2) is 17.5 Å². The summed E-state index contributed by atoms with van der Waals surface area (Å²) in [7, 11) is 0. The summed E-state index contributed by atoms with van der Waals surface area (Å²) in [5.74, 6) is -0.0578. The fraction of sp³-hybridized carbons (Fsp3) is 0.158. The number of ether oxygens (including phenoxy) is 1. The second-order valence-corrected chi connectivity index (χ2v) is 6.71. The molecule has 0 saturated heterocycles. The second kappa shape index (κ2) is 8.37. The zero-order valence-corrected chi connectivity index (χ0v) is 15.9. The molecule has 2 N–H and O–H groups in total. The number of amides is 1. The summed E-state index contributed by atoms with van der Waals surface area (Å²) in [5, 5.41) is 12.4. The van der Waals surface area contributed by atoms with Crippen LogP contribution >= 0.6 is 11.3 Å². The number of aromatic nitrogens is 1. The first kappa shape index (κ1) is 19.1. The molecule has 0 saturated carbocycles. The van der Waals surface area contributed by atoms with Crippen LogP contribution in [0, 0.1) is 25.2 Å². The Morgan fingerprint density at radius 2 is 2.21 bits per heavy atom. The zero-order chi connectivity index (χ0) is 20.1. The number of carbonyl (C=O) groups is 1. The van der Waals surface area contributed by atoms with Gasteiger partial charge in [-0.1, -0.05) is 0 Å². The molecule has 9 heteroatoms. The van der Waals surface area contributed by atoms with Crippen LogP contribution in [-0.2, 0) is 4.79 Å². The summed E-state index contributed by atoms with van der Waals surface area (Å²) in [4.78, 5) is 27.6. The van der Waals surface area contributed by atoms with Crippen molar-refractivity contribution in [3.63, 3.8) is 0 Å². The van der Waals surface area contributed by atoms with Crippen molar-refractivity contribution in [2.45, 2.75) is 13.8 Å². The van der Waals surface area contributed by atoms with E-state index in [4.69, 9.17) is 9.15 Å². The van der Waals surface area contributed by atoms with Gasteiger partial charge in [-0.05, 0) is 31.5 Å². The Bertz CT molecular complexity index is 1160. The third-order valence-electron chi connectivity index (χ3n) is 3.69. The van der Waals surface area contributed by atoms with Crippen LogP contribution in [0.5, 0.6) is 5.75 Å². The number of hydrazine groups is 1. The molecule has 0 bridgehead atoms. The van der Waals surface area contributed by atoms with Crippen LogP contribution in [0.4, 0.5) is 0 Å². The number of nitrogens with one attached hydrogen (secondary N) is 2. The molecule has 0 fully saturated rings. The molecule has 0 radical (unpaired) electrons. The Balaban J connectivity index is 1.57. The number of allylic oxidation sites excluding steroid dienone is 1. The quantitative estimate of drug-likeness (QED) is 0.373. The number of carbonyl (C=O) groups excluding carboxylic acids is 1. The van der Waals surface area contributed by atoms with Gasteiger partial charge in [0.05, 0.1) is 0 Å². The van der Waals surface area contributed by atoms with Gasteiger partial charge in [0.25, 0.3) is 5.91 Å². The molecule has 8 nitrogen and oxygen atoms in total. The molecule has 3 aromatic rings. The number of rotatable bonds is 6. The highest BCUT2D eigenvalue weighted by Gasteiger charge is 2.08. The van der Waals surface area contributed by atoms with E-state index >= 15 is 0 Å². The highest BCUT2D eigenvalue weighted by Crippen LogP contribution is 2.22. The van der Waals surface area contributed by atoms with Crippen molar-refractivity contribution in [3.05, 3.63) is 62.5 Å². The van der Waals surface area contributed by atoms with E-state index < -0.39 is 11.5 Å². The van der Waals surface area contributed by atoms with Crippen molar-refractivity contribution in [3.8, 4) is 11.8 Å². The summed E-state index contributed by atoms with van der Waals surface area (Å²) in [6, 6.07) is 8.44. The molecule has 1 aromatic carbocycles. The van der Waals surface area contributed by atoms with Crippen molar-refractivity contribution < 1.29 is 13.9 Å². The van der Waals surface area contributed by atoms with Gasteiger partial charge in [0.1, 0.15) is 28.0 Å². The minimum absolute atomic E-state index is 0.263. The van der Waals surface area contributed by atoms with Crippen molar-refractivity contribution >= 4 is 33.8 Å². The van der Waals surface area contributed by atoms with Crippen molar-refractivity contribution in [1.29, 1.82) is 5.26 Å². The molecule has 2 heterocycles. The minimum atomic E-state index is -0.449. The third-order valence-corrected chi connectivity index (χ3v) is 4.68. The van der Waals surface area contributed by atoms with Gasteiger partial charge in [-0.15, -0.1) is 11.3 Å². The molecule has 0 aliphatic heterocycles. The van der Waals surface area contributed by atoms with Gasteiger partial charge in [-0.25, -0.2) is 9.78 Å². The van der Waals surface area contributed by atoms with Crippen molar-refractivity contribution in [1.82, 2.24) is 15.8 Å². The minimum Gasteiger partial charge on any atom is -0.484 e. The van der Waals surface area contributed by atoms with Crippen LogP contribution in [0.2, 0.25) is 0 Å². The first-order valence-electron chi connectivity index (χ1n) is 8.20. The smallest absolute Gasteiger partial charge is 0.336 e. The molecule has 28 heavy (non-hydrogen) atoms. The highest BCUT2D eigenvalue weighted by molar-refractivity contribution is 7.10. The fourth-order valence-electron chi connectivity index (χ4n) is 2.39. The number of nitrogens with zero attached hydrogens (tertiary/aromatic N) is 2. The Morgan fingerprint density at radius 1 is 1.39 bits per heavy atom. The molecule has 2 aromatic heterocycles. The van der Waals surface area contributed by atoms with Gasteiger partial charge < -0.3 is 14.6 Å².